The third-order valence-corrected chi connectivity index (χ3v) is 3.63. The summed E-state index contributed by atoms with van der Waals surface area (Å²) in [6, 6.07) is 1.83. The van der Waals surface area contributed by atoms with Gasteiger partial charge in [-0.05, 0) is 34.5 Å². The van der Waals surface area contributed by atoms with Crippen LogP contribution in [0.15, 0.2) is 21.2 Å². The molecule has 2 aromatic rings. The second kappa shape index (κ2) is 7.05. The summed E-state index contributed by atoms with van der Waals surface area (Å²) in [5, 5.41) is 9.41. The predicted octanol–water partition coefficient (Wildman–Crippen LogP) is 2.49. The summed E-state index contributed by atoms with van der Waals surface area (Å²) in [5.74, 6) is -4.06. The molecule has 0 aliphatic heterocycles. The topological polar surface area (TPSA) is 98.6 Å². The van der Waals surface area contributed by atoms with Crippen molar-refractivity contribution in [3.05, 3.63) is 45.6 Å². The van der Waals surface area contributed by atoms with Crippen molar-refractivity contribution in [2.45, 2.75) is 19.4 Å². The first-order valence-electron chi connectivity index (χ1n) is 6.59. The Morgan fingerprint density at radius 2 is 2.22 bits per heavy atom. The number of primary amides is 1. The minimum Gasteiger partial charge on any atom is -0.475 e. The molecule has 124 valence electrons. The first-order valence-corrected chi connectivity index (χ1v) is 7.38. The molecule has 0 spiro atoms. The molecule has 0 unspecified atom stereocenters. The van der Waals surface area contributed by atoms with Gasteiger partial charge in [-0.3, -0.25) is 4.79 Å². The lowest BCUT2D eigenvalue weighted by molar-refractivity contribution is 0.0880. The van der Waals surface area contributed by atoms with E-state index in [9.17, 15) is 18.7 Å². The third-order valence-electron chi connectivity index (χ3n) is 3.01. The maximum absolute atomic E-state index is 14.1. The molecular formula is C14H13BrF2N2O4. The number of aliphatic hydroxyl groups is 1. The quantitative estimate of drug-likeness (QED) is 0.789. The largest absolute Gasteiger partial charge is 0.475 e. The normalized spacial score (nSPS) is 12.2. The number of hydrogen-bond donors (Lipinski definition) is 2. The Kier molecular flexibility index (Phi) is 5.32. The number of nitrogens with zero attached hydrogens (tertiary/aromatic N) is 1. The molecule has 0 bridgehead atoms. The van der Waals surface area contributed by atoms with Gasteiger partial charge in [-0.2, -0.15) is 0 Å². The predicted molar refractivity (Wildman–Crippen MR) is 78.9 cm³/mol. The van der Waals surface area contributed by atoms with Crippen LogP contribution in [0.25, 0.3) is 0 Å². The molecule has 23 heavy (non-hydrogen) atoms. The molecule has 0 saturated heterocycles. The zero-order valence-corrected chi connectivity index (χ0v) is 13.6. The van der Waals surface area contributed by atoms with Crippen LogP contribution in [0, 0.1) is 11.6 Å². The number of aliphatic hydroxyl groups excluding tert-OH is 1. The zero-order valence-electron chi connectivity index (χ0n) is 12.0. The van der Waals surface area contributed by atoms with Crippen LogP contribution in [0.3, 0.4) is 0 Å². The van der Waals surface area contributed by atoms with Gasteiger partial charge in [0.25, 0.3) is 5.91 Å². The van der Waals surface area contributed by atoms with E-state index in [1.807, 2.05) is 6.92 Å². The van der Waals surface area contributed by atoms with Gasteiger partial charge in [-0.25, -0.2) is 13.8 Å². The van der Waals surface area contributed by atoms with Gasteiger partial charge in [0.15, 0.2) is 22.3 Å². The van der Waals surface area contributed by atoms with E-state index >= 15 is 0 Å². The molecule has 1 aromatic heterocycles. The van der Waals surface area contributed by atoms with Crippen molar-refractivity contribution in [3.8, 4) is 5.75 Å². The van der Waals surface area contributed by atoms with Crippen molar-refractivity contribution in [2.75, 3.05) is 6.61 Å². The molecule has 1 amide bonds. The number of benzene rings is 1. The van der Waals surface area contributed by atoms with E-state index in [-0.39, 0.29) is 5.89 Å². The van der Waals surface area contributed by atoms with Gasteiger partial charge in [0.2, 0.25) is 5.89 Å². The highest BCUT2D eigenvalue weighted by molar-refractivity contribution is 9.10. The average molecular weight is 391 g/mol. The van der Waals surface area contributed by atoms with Crippen molar-refractivity contribution in [1.82, 2.24) is 4.98 Å². The molecule has 2 rings (SSSR count). The second-order valence-corrected chi connectivity index (χ2v) is 5.23. The standard InChI is InChI=1S/C14H13BrF2N2O4/c1-2-7-12(15)23-14(19-7)9(5-20)22-8-4-3-6(16)10(11(8)17)13(18)21/h3-4,9,20H,2,5H2,1H3,(H2,18,21)/t9-/m1/s1. The molecule has 9 heteroatoms. The van der Waals surface area contributed by atoms with Gasteiger partial charge in [-0.1, -0.05) is 6.92 Å². The molecule has 1 aromatic carbocycles. The fraction of sp³-hybridized carbons (Fsp3) is 0.286. The van der Waals surface area contributed by atoms with Gasteiger partial charge < -0.3 is 20.0 Å². The number of aromatic nitrogens is 1. The SMILES string of the molecule is CCc1nc([C@@H](CO)Oc2ccc(F)c(C(N)=O)c2F)oc1Br. The molecule has 6 nitrogen and oxygen atoms in total. The Balaban J connectivity index is 2.35. The average Bonchev–Trinajstić information content (AvgIpc) is 2.87. The molecular weight excluding hydrogens is 378 g/mol. The van der Waals surface area contributed by atoms with Crippen molar-refractivity contribution in [1.29, 1.82) is 0 Å². The molecule has 0 fully saturated rings. The van der Waals surface area contributed by atoms with Crippen LogP contribution >= 0.6 is 15.9 Å². The van der Waals surface area contributed by atoms with Gasteiger partial charge >= 0.3 is 0 Å². The summed E-state index contributed by atoms with van der Waals surface area (Å²) in [6.07, 6.45) is -0.564. The number of aryl methyl sites for hydroxylation is 1. The second-order valence-electron chi connectivity index (χ2n) is 4.51. The minimum atomic E-state index is -1.27. The molecule has 1 atom stereocenters. The number of rotatable bonds is 6. The fourth-order valence-corrected chi connectivity index (χ4v) is 2.41. The molecule has 3 N–H and O–H groups in total. The Morgan fingerprint density at radius 1 is 1.52 bits per heavy atom. The Bertz CT molecular complexity index is 736. The van der Waals surface area contributed by atoms with Crippen LogP contribution in [-0.4, -0.2) is 22.6 Å². The van der Waals surface area contributed by atoms with E-state index in [0.717, 1.165) is 12.1 Å². The number of hydrogen-bond acceptors (Lipinski definition) is 5. The van der Waals surface area contributed by atoms with E-state index < -0.39 is 41.6 Å². The van der Waals surface area contributed by atoms with Crippen molar-refractivity contribution in [3.63, 3.8) is 0 Å². The lowest BCUT2D eigenvalue weighted by Crippen LogP contribution is -2.18. The molecule has 1 heterocycles. The number of amides is 1. The monoisotopic (exact) mass is 390 g/mol. The van der Waals surface area contributed by atoms with E-state index in [4.69, 9.17) is 14.9 Å². The van der Waals surface area contributed by atoms with E-state index in [1.54, 1.807) is 0 Å². The maximum atomic E-state index is 14.1. The summed E-state index contributed by atoms with van der Waals surface area (Å²) in [7, 11) is 0. The number of carbonyl (C=O) groups excluding carboxylic acids is 1. The lowest BCUT2D eigenvalue weighted by atomic mass is 10.1. The first-order chi connectivity index (χ1) is 10.9. The van der Waals surface area contributed by atoms with Crippen LogP contribution in [-0.2, 0) is 6.42 Å². The molecule has 0 saturated carbocycles. The van der Waals surface area contributed by atoms with E-state index in [0.29, 0.717) is 16.8 Å². The van der Waals surface area contributed by atoms with Crippen LogP contribution in [0.5, 0.6) is 5.75 Å². The van der Waals surface area contributed by atoms with Crippen molar-refractivity contribution < 1.29 is 27.8 Å². The third kappa shape index (κ3) is 3.50. The van der Waals surface area contributed by atoms with E-state index in [2.05, 4.69) is 20.9 Å². The summed E-state index contributed by atoms with van der Waals surface area (Å²) in [6.45, 7) is 1.28. The fourth-order valence-electron chi connectivity index (χ4n) is 1.88. The summed E-state index contributed by atoms with van der Waals surface area (Å²) < 4.78 is 38.5. The molecule has 0 radical (unpaired) electrons. The highest BCUT2D eigenvalue weighted by Crippen LogP contribution is 2.29. The van der Waals surface area contributed by atoms with Crippen LogP contribution in [0.2, 0.25) is 0 Å². The Labute approximate surface area is 138 Å². The van der Waals surface area contributed by atoms with Gasteiger partial charge in [0, 0.05) is 0 Å². The number of halogens is 3. The Morgan fingerprint density at radius 3 is 2.74 bits per heavy atom. The Hall–Kier alpha value is -2.00. The highest BCUT2D eigenvalue weighted by Gasteiger charge is 2.25. The first kappa shape index (κ1) is 17.4. The smallest absolute Gasteiger partial charge is 0.254 e. The van der Waals surface area contributed by atoms with Crippen LogP contribution in [0.1, 0.15) is 35.0 Å². The van der Waals surface area contributed by atoms with Gasteiger partial charge in [0.05, 0.1) is 12.3 Å². The number of oxazole rings is 1. The molecule has 0 aliphatic rings. The summed E-state index contributed by atoms with van der Waals surface area (Å²) >= 11 is 3.16. The molecule has 0 aliphatic carbocycles. The van der Waals surface area contributed by atoms with Crippen LogP contribution in [0.4, 0.5) is 8.78 Å². The van der Waals surface area contributed by atoms with E-state index in [1.165, 1.54) is 0 Å². The highest BCUT2D eigenvalue weighted by atomic mass is 79.9. The van der Waals surface area contributed by atoms with Crippen molar-refractivity contribution >= 4 is 21.8 Å². The number of nitrogens with two attached hydrogens (primary N) is 1. The number of carbonyl (C=O) groups is 1. The van der Waals surface area contributed by atoms with Crippen LogP contribution < -0.4 is 10.5 Å². The van der Waals surface area contributed by atoms with Gasteiger partial charge in [-0.15, -0.1) is 0 Å². The zero-order chi connectivity index (χ0) is 17.1. The lowest BCUT2D eigenvalue weighted by Gasteiger charge is -2.15. The minimum absolute atomic E-state index is 0.0144. The number of ether oxygens (including phenoxy) is 1. The van der Waals surface area contributed by atoms with Crippen molar-refractivity contribution in [2.24, 2.45) is 5.73 Å². The summed E-state index contributed by atoms with van der Waals surface area (Å²) in [4.78, 5) is 15.2. The van der Waals surface area contributed by atoms with Gasteiger partial charge in [0.1, 0.15) is 11.4 Å². The maximum Gasteiger partial charge on any atom is 0.254 e. The summed E-state index contributed by atoms with van der Waals surface area (Å²) in [5.41, 5.74) is 4.62.